The first kappa shape index (κ1) is 13.5. The standard InChI is InChI=1S/C14H20N4O/c1-3-8-18-9-7-16-14(18)13(15-4-2)11-5-6-12(19)17-10-11/h5-7,9-10,13,15H,3-4,8H2,1-2H3,(H,17,19). The van der Waals surface area contributed by atoms with Crippen molar-refractivity contribution in [2.45, 2.75) is 32.9 Å². The third-order valence-corrected chi connectivity index (χ3v) is 3.02. The van der Waals surface area contributed by atoms with Crippen molar-refractivity contribution in [1.82, 2.24) is 19.9 Å². The number of hydrogen-bond donors (Lipinski definition) is 2. The van der Waals surface area contributed by atoms with E-state index in [0.717, 1.165) is 30.9 Å². The van der Waals surface area contributed by atoms with E-state index in [1.807, 2.05) is 18.5 Å². The maximum absolute atomic E-state index is 11.2. The highest BCUT2D eigenvalue weighted by Crippen LogP contribution is 2.19. The van der Waals surface area contributed by atoms with Crippen LogP contribution >= 0.6 is 0 Å². The third-order valence-electron chi connectivity index (χ3n) is 3.02. The number of aromatic amines is 1. The average Bonchev–Trinajstić information content (AvgIpc) is 2.86. The number of pyridine rings is 1. The molecule has 102 valence electrons. The Hall–Kier alpha value is -1.88. The Morgan fingerprint density at radius 2 is 2.26 bits per heavy atom. The first-order valence-electron chi connectivity index (χ1n) is 6.69. The van der Waals surface area contributed by atoms with Gasteiger partial charge in [-0.2, -0.15) is 0 Å². The molecular weight excluding hydrogens is 240 g/mol. The monoisotopic (exact) mass is 260 g/mol. The molecule has 2 rings (SSSR count). The SMILES string of the molecule is CCCn1ccnc1C(NCC)c1ccc(=O)[nH]c1. The van der Waals surface area contributed by atoms with Crippen molar-refractivity contribution in [3.05, 3.63) is 52.5 Å². The molecule has 0 aliphatic carbocycles. The topological polar surface area (TPSA) is 62.7 Å². The van der Waals surface area contributed by atoms with Crippen LogP contribution in [-0.2, 0) is 6.54 Å². The maximum atomic E-state index is 11.2. The van der Waals surface area contributed by atoms with E-state index in [2.05, 4.69) is 33.7 Å². The zero-order chi connectivity index (χ0) is 13.7. The van der Waals surface area contributed by atoms with E-state index in [-0.39, 0.29) is 11.6 Å². The highest BCUT2D eigenvalue weighted by molar-refractivity contribution is 5.22. The van der Waals surface area contributed by atoms with Crippen LogP contribution < -0.4 is 10.9 Å². The minimum atomic E-state index is -0.0871. The summed E-state index contributed by atoms with van der Waals surface area (Å²) in [5, 5.41) is 3.41. The van der Waals surface area contributed by atoms with E-state index < -0.39 is 0 Å². The highest BCUT2D eigenvalue weighted by Gasteiger charge is 2.18. The van der Waals surface area contributed by atoms with Crippen molar-refractivity contribution >= 4 is 0 Å². The van der Waals surface area contributed by atoms with Crippen LogP contribution in [0.1, 0.15) is 37.7 Å². The Kier molecular flexibility index (Phi) is 4.52. The summed E-state index contributed by atoms with van der Waals surface area (Å²) >= 11 is 0. The molecule has 0 aliphatic heterocycles. The largest absolute Gasteiger partial charge is 0.333 e. The number of aromatic nitrogens is 3. The van der Waals surface area contributed by atoms with Gasteiger partial charge in [0.15, 0.2) is 0 Å². The molecule has 2 aromatic rings. The number of rotatable bonds is 6. The summed E-state index contributed by atoms with van der Waals surface area (Å²) in [4.78, 5) is 18.3. The maximum Gasteiger partial charge on any atom is 0.247 e. The molecule has 0 aromatic carbocycles. The number of nitrogens with one attached hydrogen (secondary N) is 2. The van der Waals surface area contributed by atoms with Gasteiger partial charge in [-0.1, -0.05) is 19.9 Å². The van der Waals surface area contributed by atoms with Gasteiger partial charge in [-0.05, 0) is 18.5 Å². The van der Waals surface area contributed by atoms with Gasteiger partial charge in [0.05, 0.1) is 6.04 Å². The molecule has 5 heteroatoms. The fourth-order valence-corrected chi connectivity index (χ4v) is 2.18. The first-order chi connectivity index (χ1) is 9.26. The van der Waals surface area contributed by atoms with Gasteiger partial charge in [0.25, 0.3) is 0 Å². The molecule has 2 N–H and O–H groups in total. The summed E-state index contributed by atoms with van der Waals surface area (Å²) < 4.78 is 2.15. The van der Waals surface area contributed by atoms with Gasteiger partial charge in [-0.15, -0.1) is 0 Å². The Balaban J connectivity index is 2.36. The van der Waals surface area contributed by atoms with E-state index in [1.165, 1.54) is 0 Å². The molecule has 1 unspecified atom stereocenters. The lowest BCUT2D eigenvalue weighted by molar-refractivity contribution is 0.543. The lowest BCUT2D eigenvalue weighted by atomic mass is 10.1. The van der Waals surface area contributed by atoms with Crippen LogP contribution in [0.15, 0.2) is 35.5 Å². The smallest absolute Gasteiger partial charge is 0.247 e. The highest BCUT2D eigenvalue weighted by atomic mass is 16.1. The number of aryl methyl sites for hydroxylation is 1. The molecule has 5 nitrogen and oxygen atoms in total. The van der Waals surface area contributed by atoms with Gasteiger partial charge >= 0.3 is 0 Å². The second kappa shape index (κ2) is 6.33. The van der Waals surface area contributed by atoms with Crippen LogP contribution in [-0.4, -0.2) is 21.1 Å². The fourth-order valence-electron chi connectivity index (χ4n) is 2.18. The molecule has 2 aromatic heterocycles. The Morgan fingerprint density at radius 3 is 2.89 bits per heavy atom. The van der Waals surface area contributed by atoms with Crippen LogP contribution in [0.5, 0.6) is 0 Å². The summed E-state index contributed by atoms with van der Waals surface area (Å²) in [5.74, 6) is 0.982. The Bertz CT molecular complexity index is 552. The molecule has 19 heavy (non-hydrogen) atoms. The molecule has 0 fully saturated rings. The van der Waals surface area contributed by atoms with Crippen molar-refractivity contribution in [1.29, 1.82) is 0 Å². The summed E-state index contributed by atoms with van der Waals surface area (Å²) in [6.07, 6.45) is 6.63. The van der Waals surface area contributed by atoms with E-state index in [1.54, 1.807) is 12.3 Å². The van der Waals surface area contributed by atoms with Gasteiger partial charge < -0.3 is 14.9 Å². The molecule has 0 spiro atoms. The molecule has 0 radical (unpaired) electrons. The molecule has 0 aliphatic rings. The van der Waals surface area contributed by atoms with Crippen LogP contribution in [0.2, 0.25) is 0 Å². The van der Waals surface area contributed by atoms with Gasteiger partial charge in [0.1, 0.15) is 5.82 Å². The van der Waals surface area contributed by atoms with Crippen molar-refractivity contribution in [3.63, 3.8) is 0 Å². The van der Waals surface area contributed by atoms with Crippen molar-refractivity contribution in [3.8, 4) is 0 Å². The summed E-state index contributed by atoms with van der Waals surface area (Å²) in [7, 11) is 0. The minimum absolute atomic E-state index is 0.00315. The van der Waals surface area contributed by atoms with E-state index in [0.29, 0.717) is 0 Å². The normalized spacial score (nSPS) is 12.5. The van der Waals surface area contributed by atoms with Crippen LogP contribution in [0.4, 0.5) is 0 Å². The number of H-pyrrole nitrogens is 1. The molecule has 2 heterocycles. The number of imidazole rings is 1. The second-order valence-corrected chi connectivity index (χ2v) is 4.46. The van der Waals surface area contributed by atoms with Crippen LogP contribution in [0.25, 0.3) is 0 Å². The molecule has 1 atom stereocenters. The predicted molar refractivity (Wildman–Crippen MR) is 75.1 cm³/mol. The quantitative estimate of drug-likeness (QED) is 0.830. The lowest BCUT2D eigenvalue weighted by Gasteiger charge is -2.19. The van der Waals surface area contributed by atoms with Crippen molar-refractivity contribution < 1.29 is 0 Å². The predicted octanol–water partition coefficient (Wildman–Crippen LogP) is 1.68. The Labute approximate surface area is 112 Å². The fraction of sp³-hybridized carbons (Fsp3) is 0.429. The molecule has 0 saturated heterocycles. The first-order valence-corrected chi connectivity index (χ1v) is 6.69. The number of nitrogens with zero attached hydrogens (tertiary/aromatic N) is 2. The van der Waals surface area contributed by atoms with Gasteiger partial charge in [-0.3, -0.25) is 4.79 Å². The molecule has 0 bridgehead atoms. The molecule has 0 saturated carbocycles. The van der Waals surface area contributed by atoms with Gasteiger partial charge in [0, 0.05) is 31.2 Å². The zero-order valence-electron chi connectivity index (χ0n) is 11.4. The summed E-state index contributed by atoms with van der Waals surface area (Å²) in [6.45, 7) is 5.99. The number of hydrogen-bond acceptors (Lipinski definition) is 3. The summed E-state index contributed by atoms with van der Waals surface area (Å²) in [5.41, 5.74) is 0.931. The van der Waals surface area contributed by atoms with Crippen LogP contribution in [0, 0.1) is 0 Å². The van der Waals surface area contributed by atoms with E-state index in [4.69, 9.17) is 0 Å². The summed E-state index contributed by atoms with van der Waals surface area (Å²) in [6, 6.07) is 3.40. The van der Waals surface area contributed by atoms with Gasteiger partial charge in [-0.25, -0.2) is 4.98 Å². The van der Waals surface area contributed by atoms with Gasteiger partial charge in [0.2, 0.25) is 5.56 Å². The third kappa shape index (κ3) is 3.12. The molecule has 0 amide bonds. The zero-order valence-corrected chi connectivity index (χ0v) is 11.4. The second-order valence-electron chi connectivity index (χ2n) is 4.46. The van der Waals surface area contributed by atoms with Crippen LogP contribution in [0.3, 0.4) is 0 Å². The van der Waals surface area contributed by atoms with Crippen molar-refractivity contribution in [2.24, 2.45) is 0 Å². The van der Waals surface area contributed by atoms with E-state index >= 15 is 0 Å². The Morgan fingerprint density at radius 1 is 1.42 bits per heavy atom. The van der Waals surface area contributed by atoms with E-state index in [9.17, 15) is 4.79 Å². The lowest BCUT2D eigenvalue weighted by Crippen LogP contribution is -2.26. The molecular formula is C14H20N4O. The van der Waals surface area contributed by atoms with Crippen molar-refractivity contribution in [2.75, 3.05) is 6.54 Å². The average molecular weight is 260 g/mol. The minimum Gasteiger partial charge on any atom is -0.333 e.